The van der Waals surface area contributed by atoms with E-state index in [1.54, 1.807) is 12.3 Å². The van der Waals surface area contributed by atoms with E-state index in [0.29, 0.717) is 22.7 Å². The standard InChI is InChI=1S/C18H19FN4O5/c1-28-16(6-10-8-21-14-4-2-11(19)7-13(10)14)17(25)23-15(18(26)27)5-3-12(24)9-22-20/h2,4,7-9,15-16,21H,3,5-6H2,1H3,(H,23,25)(H,26,27)/t15-,16-/m0/s1. The fourth-order valence-electron chi connectivity index (χ4n) is 2.74. The third-order valence-corrected chi connectivity index (χ3v) is 4.21. The molecule has 1 heterocycles. The number of carboxylic acids is 1. The Morgan fingerprint density at radius 3 is 2.82 bits per heavy atom. The number of aliphatic carboxylic acids is 1. The molecule has 0 saturated carbocycles. The number of nitrogens with zero attached hydrogens (tertiary/aromatic N) is 2. The van der Waals surface area contributed by atoms with E-state index in [9.17, 15) is 23.9 Å². The van der Waals surface area contributed by atoms with Gasteiger partial charge >= 0.3 is 12.2 Å². The number of benzene rings is 1. The van der Waals surface area contributed by atoms with E-state index in [4.69, 9.17) is 10.3 Å². The van der Waals surface area contributed by atoms with Crippen molar-refractivity contribution in [1.29, 1.82) is 0 Å². The molecule has 0 aliphatic rings. The quantitative estimate of drug-likeness (QED) is 0.316. The number of aromatic nitrogens is 1. The van der Waals surface area contributed by atoms with Crippen LogP contribution in [0, 0.1) is 5.82 Å². The van der Waals surface area contributed by atoms with Crippen LogP contribution in [-0.2, 0) is 25.5 Å². The highest BCUT2D eigenvalue weighted by Gasteiger charge is 2.26. The van der Waals surface area contributed by atoms with Gasteiger partial charge in [-0.25, -0.2) is 9.18 Å². The lowest BCUT2D eigenvalue weighted by atomic mass is 10.0. The molecule has 0 spiro atoms. The van der Waals surface area contributed by atoms with E-state index in [-0.39, 0.29) is 19.3 Å². The molecular formula is C18H19FN4O5. The number of fused-ring (bicyclic) bond motifs is 1. The Kier molecular flexibility index (Phi) is 7.14. The topological polar surface area (TPSA) is 145 Å². The Labute approximate surface area is 159 Å². The van der Waals surface area contributed by atoms with Crippen molar-refractivity contribution in [2.45, 2.75) is 31.4 Å². The SMILES string of the molecule is CO[C@@H](Cc1c[nH]c2ccc(F)cc12)C(=O)N[C@@H](CCC(=O)C=[N+]=[N-])C(=O)O. The van der Waals surface area contributed by atoms with E-state index < -0.39 is 35.6 Å². The summed E-state index contributed by atoms with van der Waals surface area (Å²) >= 11 is 0. The van der Waals surface area contributed by atoms with Gasteiger partial charge in [-0.1, -0.05) is 0 Å². The van der Waals surface area contributed by atoms with Crippen LogP contribution in [0.5, 0.6) is 0 Å². The maximum atomic E-state index is 13.5. The van der Waals surface area contributed by atoms with Gasteiger partial charge in [0.2, 0.25) is 11.7 Å². The second-order valence-electron chi connectivity index (χ2n) is 6.08. The van der Waals surface area contributed by atoms with Crippen LogP contribution >= 0.6 is 0 Å². The van der Waals surface area contributed by atoms with Crippen LogP contribution in [-0.4, -0.2) is 58.0 Å². The van der Waals surface area contributed by atoms with Crippen LogP contribution in [0.3, 0.4) is 0 Å². The number of H-pyrrole nitrogens is 1. The molecule has 9 nitrogen and oxygen atoms in total. The molecule has 10 heteroatoms. The molecule has 2 atom stereocenters. The van der Waals surface area contributed by atoms with E-state index in [1.807, 2.05) is 0 Å². The second-order valence-corrected chi connectivity index (χ2v) is 6.08. The highest BCUT2D eigenvalue weighted by Crippen LogP contribution is 2.21. The minimum Gasteiger partial charge on any atom is -0.480 e. The van der Waals surface area contributed by atoms with Crippen LogP contribution in [0.15, 0.2) is 24.4 Å². The second kappa shape index (κ2) is 9.54. The number of amides is 1. The third kappa shape index (κ3) is 5.32. The maximum Gasteiger partial charge on any atom is 0.326 e. The number of rotatable bonds is 10. The zero-order valence-corrected chi connectivity index (χ0v) is 15.0. The summed E-state index contributed by atoms with van der Waals surface area (Å²) in [7, 11) is 1.30. The van der Waals surface area contributed by atoms with Crippen molar-refractivity contribution in [2.75, 3.05) is 7.11 Å². The zero-order chi connectivity index (χ0) is 20.7. The summed E-state index contributed by atoms with van der Waals surface area (Å²) < 4.78 is 18.7. The maximum absolute atomic E-state index is 13.5. The summed E-state index contributed by atoms with van der Waals surface area (Å²) in [5.41, 5.74) is 9.63. The number of carboxylic acid groups (broad SMARTS) is 1. The molecular weight excluding hydrogens is 371 g/mol. The number of carbonyl (C=O) groups is 3. The average molecular weight is 390 g/mol. The van der Waals surface area contributed by atoms with Gasteiger partial charge in [-0.05, 0) is 30.2 Å². The number of hydrogen-bond acceptors (Lipinski definition) is 4. The van der Waals surface area contributed by atoms with Crippen LogP contribution < -0.4 is 5.32 Å². The molecule has 1 aromatic heterocycles. The summed E-state index contributed by atoms with van der Waals surface area (Å²) in [6.07, 6.45) is 0.967. The number of Topliss-reactive ketones (excluding diaryl/α,β-unsaturated/α-hetero) is 1. The van der Waals surface area contributed by atoms with E-state index in [1.165, 1.54) is 19.2 Å². The molecule has 0 aliphatic carbocycles. The number of ether oxygens (including phenoxy) is 1. The van der Waals surface area contributed by atoms with Crippen molar-refractivity contribution in [3.05, 3.63) is 41.3 Å². The molecule has 1 amide bonds. The Balaban J connectivity index is 2.08. The van der Waals surface area contributed by atoms with Crippen LogP contribution in [0.25, 0.3) is 16.4 Å². The molecule has 0 saturated heterocycles. The van der Waals surface area contributed by atoms with Gasteiger partial charge in [0.25, 0.3) is 0 Å². The molecule has 0 bridgehead atoms. The van der Waals surface area contributed by atoms with Gasteiger partial charge in [0.15, 0.2) is 0 Å². The Morgan fingerprint density at radius 2 is 2.18 bits per heavy atom. The summed E-state index contributed by atoms with van der Waals surface area (Å²) in [4.78, 5) is 40.7. The zero-order valence-electron chi connectivity index (χ0n) is 15.0. The van der Waals surface area contributed by atoms with Crippen molar-refractivity contribution in [1.82, 2.24) is 10.3 Å². The first-order chi connectivity index (χ1) is 13.3. The lowest BCUT2D eigenvalue weighted by molar-refractivity contribution is -0.144. The first-order valence-electron chi connectivity index (χ1n) is 8.37. The number of nitrogens with one attached hydrogen (secondary N) is 2. The molecule has 28 heavy (non-hydrogen) atoms. The Morgan fingerprint density at radius 1 is 1.43 bits per heavy atom. The van der Waals surface area contributed by atoms with Gasteiger partial charge in [0.1, 0.15) is 18.0 Å². The lowest BCUT2D eigenvalue weighted by Crippen LogP contribution is -2.46. The van der Waals surface area contributed by atoms with Gasteiger partial charge in [-0.3, -0.25) is 9.59 Å². The highest BCUT2D eigenvalue weighted by atomic mass is 19.1. The number of halogens is 1. The number of ketones is 1. The van der Waals surface area contributed by atoms with Gasteiger partial charge in [0, 0.05) is 37.1 Å². The largest absolute Gasteiger partial charge is 0.480 e. The number of hydrogen-bond donors (Lipinski definition) is 3. The molecule has 0 fully saturated rings. The number of aromatic amines is 1. The first-order valence-corrected chi connectivity index (χ1v) is 8.37. The number of carbonyl (C=O) groups excluding carboxylic acids is 2. The molecule has 0 radical (unpaired) electrons. The molecule has 3 N–H and O–H groups in total. The molecule has 0 unspecified atom stereocenters. The average Bonchev–Trinajstić information content (AvgIpc) is 3.04. The fourth-order valence-corrected chi connectivity index (χ4v) is 2.74. The lowest BCUT2D eigenvalue weighted by Gasteiger charge is -2.19. The summed E-state index contributed by atoms with van der Waals surface area (Å²) in [5.74, 6) is -2.99. The minimum absolute atomic E-state index is 0.0915. The molecule has 148 valence electrons. The van der Waals surface area contributed by atoms with Gasteiger partial charge < -0.3 is 25.7 Å². The van der Waals surface area contributed by atoms with Crippen molar-refractivity contribution >= 4 is 34.8 Å². The monoisotopic (exact) mass is 390 g/mol. The van der Waals surface area contributed by atoms with Crippen molar-refractivity contribution in [2.24, 2.45) is 0 Å². The normalized spacial score (nSPS) is 12.8. The van der Waals surface area contributed by atoms with E-state index in [2.05, 4.69) is 15.1 Å². The predicted molar refractivity (Wildman–Crippen MR) is 96.2 cm³/mol. The van der Waals surface area contributed by atoms with Crippen LogP contribution in [0.2, 0.25) is 0 Å². The van der Waals surface area contributed by atoms with Gasteiger partial charge in [0.05, 0.1) is 0 Å². The third-order valence-electron chi connectivity index (χ3n) is 4.21. The summed E-state index contributed by atoms with van der Waals surface area (Å²) in [6, 6.07) is 2.90. The first kappa shape index (κ1) is 20.9. The fraction of sp³-hybridized carbons (Fsp3) is 0.333. The Bertz CT molecular complexity index is 935. The minimum atomic E-state index is -1.32. The molecule has 1 aromatic carbocycles. The van der Waals surface area contributed by atoms with Gasteiger partial charge in [-0.15, -0.1) is 0 Å². The Hall–Kier alpha value is -3.36. The van der Waals surface area contributed by atoms with E-state index >= 15 is 0 Å². The van der Waals surface area contributed by atoms with Crippen LogP contribution in [0.1, 0.15) is 18.4 Å². The van der Waals surface area contributed by atoms with Gasteiger partial charge in [-0.2, -0.15) is 4.79 Å². The van der Waals surface area contributed by atoms with Crippen molar-refractivity contribution in [3.63, 3.8) is 0 Å². The molecule has 0 aliphatic heterocycles. The molecule has 2 aromatic rings. The van der Waals surface area contributed by atoms with Crippen LogP contribution in [0.4, 0.5) is 4.39 Å². The van der Waals surface area contributed by atoms with Crippen molar-refractivity contribution in [3.8, 4) is 0 Å². The highest BCUT2D eigenvalue weighted by molar-refractivity contribution is 6.25. The summed E-state index contributed by atoms with van der Waals surface area (Å²) in [5, 5.41) is 12.2. The van der Waals surface area contributed by atoms with Crippen molar-refractivity contribution < 1.29 is 33.4 Å². The summed E-state index contributed by atoms with van der Waals surface area (Å²) in [6.45, 7) is 0. The smallest absolute Gasteiger partial charge is 0.326 e. The van der Waals surface area contributed by atoms with E-state index in [0.717, 1.165) is 0 Å². The number of methoxy groups -OCH3 is 1. The predicted octanol–water partition coefficient (Wildman–Crippen LogP) is 1.08. The molecule has 2 rings (SSSR count).